The van der Waals surface area contributed by atoms with Crippen LogP contribution in [0.1, 0.15) is 13.8 Å². The number of carboxylic acids is 1. The molecule has 0 unspecified atom stereocenters. The van der Waals surface area contributed by atoms with Gasteiger partial charge in [-0.1, -0.05) is 19.1 Å². The Kier molecular flexibility index (Phi) is 4.84. The van der Waals surface area contributed by atoms with Gasteiger partial charge < -0.3 is 5.11 Å². The highest BCUT2D eigenvalue weighted by molar-refractivity contribution is 7.89. The molecular formula is C11H17N3O4S. The summed E-state index contributed by atoms with van der Waals surface area (Å²) in [5.74, 6) is -1.08. The minimum Gasteiger partial charge on any atom is -0.480 e. The lowest BCUT2D eigenvalue weighted by molar-refractivity contribution is -0.137. The molecular weight excluding hydrogens is 270 g/mol. The number of rotatable bonds is 7. The zero-order valence-corrected chi connectivity index (χ0v) is 11.7. The van der Waals surface area contributed by atoms with Crippen molar-refractivity contribution >= 4 is 16.0 Å². The molecule has 1 heterocycles. The minimum atomic E-state index is -3.66. The maximum Gasteiger partial charge on any atom is 0.325 e. The first-order valence-electron chi connectivity index (χ1n) is 5.66. The van der Waals surface area contributed by atoms with E-state index in [1.165, 1.54) is 10.5 Å². The molecule has 0 bridgehead atoms. The van der Waals surface area contributed by atoms with Crippen LogP contribution < -0.4 is 0 Å². The van der Waals surface area contributed by atoms with Crippen molar-refractivity contribution in [1.82, 2.24) is 14.1 Å². The van der Waals surface area contributed by atoms with E-state index in [2.05, 4.69) is 11.7 Å². The predicted octanol–water partition coefficient (Wildman–Crippen LogP) is 0.554. The standard InChI is InChI=1S/C11H17N3O4S/c1-4-14(6-9(2)3)19(17,18)10-5-12-13(7-10)8-11(15)16/h5,7H,2,4,6,8H2,1,3H3,(H,15,16). The first-order valence-corrected chi connectivity index (χ1v) is 7.10. The second kappa shape index (κ2) is 5.98. The van der Waals surface area contributed by atoms with Crippen LogP contribution in [0, 0.1) is 0 Å². The average Bonchev–Trinajstić information content (AvgIpc) is 2.73. The number of carbonyl (C=O) groups is 1. The Morgan fingerprint density at radius 3 is 2.68 bits per heavy atom. The van der Waals surface area contributed by atoms with Crippen molar-refractivity contribution in [1.29, 1.82) is 0 Å². The molecule has 7 nitrogen and oxygen atoms in total. The lowest BCUT2D eigenvalue weighted by Gasteiger charge is -2.19. The fraction of sp³-hybridized carbons (Fsp3) is 0.455. The van der Waals surface area contributed by atoms with Gasteiger partial charge in [0.25, 0.3) is 0 Å². The van der Waals surface area contributed by atoms with Gasteiger partial charge >= 0.3 is 5.97 Å². The number of hydrogen-bond donors (Lipinski definition) is 1. The maximum atomic E-state index is 12.3. The molecule has 0 aliphatic heterocycles. The van der Waals surface area contributed by atoms with Crippen molar-refractivity contribution in [3.8, 4) is 0 Å². The Labute approximate surface area is 112 Å². The monoisotopic (exact) mass is 287 g/mol. The smallest absolute Gasteiger partial charge is 0.325 e. The molecule has 0 fully saturated rings. The van der Waals surface area contributed by atoms with Gasteiger partial charge in [0.1, 0.15) is 11.4 Å². The number of nitrogens with zero attached hydrogens (tertiary/aromatic N) is 3. The average molecular weight is 287 g/mol. The van der Waals surface area contributed by atoms with Gasteiger partial charge in [-0.15, -0.1) is 0 Å². The minimum absolute atomic E-state index is 0.0168. The van der Waals surface area contributed by atoms with Gasteiger partial charge in [0.05, 0.1) is 6.20 Å². The fourth-order valence-electron chi connectivity index (χ4n) is 1.52. The van der Waals surface area contributed by atoms with E-state index in [1.807, 2.05) is 0 Å². The van der Waals surface area contributed by atoms with Gasteiger partial charge in [0.15, 0.2) is 0 Å². The molecule has 0 aromatic carbocycles. The summed E-state index contributed by atoms with van der Waals surface area (Å²) in [6, 6.07) is 0. The number of carboxylic acid groups (broad SMARTS) is 1. The van der Waals surface area contributed by atoms with Crippen molar-refractivity contribution in [2.45, 2.75) is 25.3 Å². The molecule has 0 radical (unpaired) electrons. The molecule has 1 N–H and O–H groups in total. The van der Waals surface area contributed by atoms with E-state index < -0.39 is 16.0 Å². The lowest BCUT2D eigenvalue weighted by atomic mass is 10.3. The van der Waals surface area contributed by atoms with Crippen LogP contribution in [0.5, 0.6) is 0 Å². The van der Waals surface area contributed by atoms with Crippen LogP contribution in [0.4, 0.5) is 0 Å². The van der Waals surface area contributed by atoms with Crippen molar-refractivity contribution < 1.29 is 18.3 Å². The Morgan fingerprint density at radius 1 is 1.58 bits per heavy atom. The molecule has 1 rings (SSSR count). The van der Waals surface area contributed by atoms with Crippen LogP contribution >= 0.6 is 0 Å². The molecule has 0 aliphatic carbocycles. The van der Waals surface area contributed by atoms with Crippen molar-refractivity contribution in [3.63, 3.8) is 0 Å². The topological polar surface area (TPSA) is 92.5 Å². The first kappa shape index (κ1) is 15.4. The fourth-order valence-corrected chi connectivity index (χ4v) is 2.98. The number of likely N-dealkylation sites (N-methyl/N-ethyl adjacent to an activating group) is 1. The van der Waals surface area contributed by atoms with Gasteiger partial charge in [-0.05, 0) is 6.92 Å². The van der Waals surface area contributed by atoms with Gasteiger partial charge in [0, 0.05) is 19.3 Å². The molecule has 1 aromatic rings. The van der Waals surface area contributed by atoms with Gasteiger partial charge in [-0.25, -0.2) is 8.42 Å². The lowest BCUT2D eigenvalue weighted by Crippen LogP contribution is -2.32. The van der Waals surface area contributed by atoms with Crippen molar-refractivity contribution in [3.05, 3.63) is 24.5 Å². The van der Waals surface area contributed by atoms with Crippen LogP contribution in [0.3, 0.4) is 0 Å². The summed E-state index contributed by atoms with van der Waals surface area (Å²) in [4.78, 5) is 10.5. The third kappa shape index (κ3) is 3.90. The van der Waals surface area contributed by atoms with Crippen LogP contribution in [-0.2, 0) is 21.4 Å². The Hall–Kier alpha value is -1.67. The highest BCUT2D eigenvalue weighted by Crippen LogP contribution is 2.15. The van der Waals surface area contributed by atoms with E-state index in [1.54, 1.807) is 13.8 Å². The number of aliphatic carboxylic acids is 1. The summed E-state index contributed by atoms with van der Waals surface area (Å²) in [7, 11) is -3.66. The summed E-state index contributed by atoms with van der Waals surface area (Å²) >= 11 is 0. The summed E-state index contributed by atoms with van der Waals surface area (Å²) in [6.07, 6.45) is 2.36. The second-order valence-corrected chi connectivity index (χ2v) is 6.09. The zero-order chi connectivity index (χ0) is 14.6. The Morgan fingerprint density at radius 2 is 2.21 bits per heavy atom. The third-order valence-corrected chi connectivity index (χ3v) is 4.22. The van der Waals surface area contributed by atoms with Crippen LogP contribution in [0.15, 0.2) is 29.4 Å². The molecule has 0 spiro atoms. The summed E-state index contributed by atoms with van der Waals surface area (Å²) in [5.41, 5.74) is 0.725. The van der Waals surface area contributed by atoms with Crippen LogP contribution in [0.25, 0.3) is 0 Å². The zero-order valence-electron chi connectivity index (χ0n) is 10.9. The number of hydrogen-bond acceptors (Lipinski definition) is 4. The summed E-state index contributed by atoms with van der Waals surface area (Å²) < 4.78 is 26.9. The molecule has 1 aromatic heterocycles. The van der Waals surface area contributed by atoms with Gasteiger partial charge in [0.2, 0.25) is 10.0 Å². The molecule has 0 amide bonds. The van der Waals surface area contributed by atoms with Crippen molar-refractivity contribution in [2.75, 3.05) is 13.1 Å². The van der Waals surface area contributed by atoms with Gasteiger partial charge in [-0.3, -0.25) is 9.48 Å². The quantitative estimate of drug-likeness (QED) is 0.739. The van der Waals surface area contributed by atoms with E-state index in [-0.39, 0.29) is 18.0 Å². The first-order chi connectivity index (χ1) is 8.77. The summed E-state index contributed by atoms with van der Waals surface area (Å²) in [5, 5.41) is 12.3. The largest absolute Gasteiger partial charge is 0.480 e. The van der Waals surface area contributed by atoms with Crippen LogP contribution in [-0.4, -0.2) is 46.7 Å². The van der Waals surface area contributed by atoms with E-state index in [0.29, 0.717) is 6.54 Å². The second-order valence-electron chi connectivity index (χ2n) is 4.16. The molecule has 0 atom stereocenters. The van der Waals surface area contributed by atoms with Crippen molar-refractivity contribution in [2.24, 2.45) is 0 Å². The molecule has 0 saturated heterocycles. The number of sulfonamides is 1. The summed E-state index contributed by atoms with van der Waals surface area (Å²) in [6.45, 7) is 7.31. The molecule has 8 heteroatoms. The van der Waals surface area contributed by atoms with Gasteiger partial charge in [-0.2, -0.15) is 9.40 Å². The highest BCUT2D eigenvalue weighted by Gasteiger charge is 2.24. The molecule has 19 heavy (non-hydrogen) atoms. The van der Waals surface area contributed by atoms with E-state index in [0.717, 1.165) is 16.5 Å². The maximum absolute atomic E-state index is 12.3. The molecule has 106 valence electrons. The number of aromatic nitrogens is 2. The molecule has 0 saturated carbocycles. The Balaban J connectivity index is 3.01. The van der Waals surface area contributed by atoms with Crippen LogP contribution in [0.2, 0.25) is 0 Å². The van der Waals surface area contributed by atoms with E-state index in [9.17, 15) is 13.2 Å². The Bertz CT molecular complexity index is 577. The SMILES string of the molecule is C=C(C)CN(CC)S(=O)(=O)c1cnn(CC(=O)O)c1. The normalized spacial score (nSPS) is 11.7. The van der Waals surface area contributed by atoms with E-state index in [4.69, 9.17) is 5.11 Å². The van der Waals surface area contributed by atoms with E-state index >= 15 is 0 Å². The predicted molar refractivity (Wildman–Crippen MR) is 69.1 cm³/mol. The molecule has 0 aliphatic rings. The third-order valence-electron chi connectivity index (χ3n) is 2.34. The highest BCUT2D eigenvalue weighted by atomic mass is 32.2.